The first-order valence-electron chi connectivity index (χ1n) is 28.4. The highest BCUT2D eigenvalue weighted by molar-refractivity contribution is 14.1. The molecule has 8 rings (SSSR count). The minimum Gasteiger partial charge on any atom is -0.490 e. The molecule has 2 atom stereocenters. The molecule has 83 heavy (non-hydrogen) atoms. The number of rotatable bonds is 20. The van der Waals surface area contributed by atoms with E-state index in [1.54, 1.807) is 46.9 Å². The highest BCUT2D eigenvalue weighted by Crippen LogP contribution is 2.38. The molecule has 440 valence electrons. The summed E-state index contributed by atoms with van der Waals surface area (Å²) in [5, 5.41) is 18.5. The van der Waals surface area contributed by atoms with Crippen LogP contribution in [0.15, 0.2) is 133 Å². The second-order valence-corrected chi connectivity index (χ2v) is 22.6. The number of aryl methyl sites for hydroxylation is 6. The van der Waals surface area contributed by atoms with Gasteiger partial charge in [0.15, 0.2) is 23.3 Å². The number of halogens is 7. The highest BCUT2D eigenvalue weighted by atomic mass is 127. The first kappa shape index (κ1) is 67.4. The average molecular weight is 1250 g/mol. The van der Waals surface area contributed by atoms with Crippen LogP contribution in [-0.4, -0.2) is 29.4 Å². The summed E-state index contributed by atoms with van der Waals surface area (Å²) in [5.41, 5.74) is 10.1. The predicted molar refractivity (Wildman–Crippen MR) is 342 cm³/mol. The Morgan fingerprint density at radius 1 is 0.410 bits per heavy atom. The second-order valence-electron chi connectivity index (χ2n) is 21.5. The quantitative estimate of drug-likeness (QED) is 0.0262. The van der Waals surface area contributed by atoms with Crippen molar-refractivity contribution in [3.05, 3.63) is 205 Å². The molecular weight excluding hydrogens is 1170 g/mol. The van der Waals surface area contributed by atoms with Crippen molar-refractivity contribution in [2.75, 3.05) is 0 Å². The van der Waals surface area contributed by atoms with Gasteiger partial charge in [-0.1, -0.05) is 174 Å². The van der Waals surface area contributed by atoms with Gasteiger partial charge in [0.25, 0.3) is 0 Å². The molecule has 4 nitrogen and oxygen atoms in total. The van der Waals surface area contributed by atoms with Crippen LogP contribution >= 0.6 is 22.6 Å². The van der Waals surface area contributed by atoms with Gasteiger partial charge in [0.2, 0.25) is 0 Å². The Morgan fingerprint density at radius 2 is 0.759 bits per heavy atom. The van der Waals surface area contributed by atoms with Crippen LogP contribution in [0.1, 0.15) is 133 Å². The van der Waals surface area contributed by atoms with E-state index in [-0.39, 0.29) is 51.0 Å². The van der Waals surface area contributed by atoms with Gasteiger partial charge in [0.05, 0.1) is 15.8 Å². The van der Waals surface area contributed by atoms with E-state index >= 15 is 13.2 Å². The van der Waals surface area contributed by atoms with E-state index in [0.29, 0.717) is 22.2 Å². The van der Waals surface area contributed by atoms with Crippen molar-refractivity contribution < 1.29 is 45.9 Å². The van der Waals surface area contributed by atoms with E-state index in [1.807, 2.05) is 102 Å². The largest absolute Gasteiger partial charge is 0.490 e. The third-order valence-electron chi connectivity index (χ3n) is 14.5. The number of ether oxygens (including phenoxy) is 2. The smallest absolute Gasteiger partial charge is 0.488 e. The van der Waals surface area contributed by atoms with E-state index < -0.39 is 42.0 Å². The van der Waals surface area contributed by atoms with Crippen molar-refractivity contribution >= 4 is 35.2 Å². The minimum atomic E-state index is -1.42. The molecule has 0 bridgehead atoms. The van der Waals surface area contributed by atoms with Crippen LogP contribution in [-0.2, 0) is 0 Å². The van der Waals surface area contributed by atoms with E-state index in [2.05, 4.69) is 27.7 Å². The Bertz CT molecular complexity index is 3360. The normalized spacial score (nSPS) is 11.6. The zero-order valence-electron chi connectivity index (χ0n) is 48.9. The summed E-state index contributed by atoms with van der Waals surface area (Å²) < 4.78 is 100. The Labute approximate surface area is 503 Å². The van der Waals surface area contributed by atoms with Crippen LogP contribution < -0.4 is 14.9 Å². The fraction of sp³-hybridized carbons (Fsp3) is 0.324. The third kappa shape index (κ3) is 18.3. The molecule has 12 heteroatoms. The zero-order chi connectivity index (χ0) is 59.8. The predicted octanol–water partition coefficient (Wildman–Crippen LogP) is 20.5. The molecule has 0 saturated heterocycles. The molecule has 0 spiro atoms. The lowest BCUT2D eigenvalue weighted by atomic mass is 9.78. The Kier molecular flexibility index (Phi) is 26.1. The molecular formula is C71H80BF6IO4. The average Bonchev–Trinajstić information content (AvgIpc) is 3.57. The number of hydrogen-bond donors (Lipinski definition) is 2. The summed E-state index contributed by atoms with van der Waals surface area (Å²) in [6, 6.07) is 37.5. The summed E-state index contributed by atoms with van der Waals surface area (Å²) in [4.78, 5) is 0. The van der Waals surface area contributed by atoms with Gasteiger partial charge >= 0.3 is 7.12 Å². The van der Waals surface area contributed by atoms with Gasteiger partial charge in [-0.3, -0.25) is 0 Å². The molecule has 0 aromatic heterocycles. The standard InChI is InChI=1S/C35H37F3O.C19H12F3I.C16H27BO3.CH4/c1-6-7-8-9-10-25(5)39-35-23(3)19-28(20-24(35)4)29-17-18-31(34(38)33(29)37)30-16-15-27(21-32(30)36)26-13-11-22(2)12-14-26;1-11-2-4-12(5-3-11)13-6-7-14(16(20)10-13)15-8-9-17(23)19(22)18(15)21;1-5-6-7-8-9-14(4)20-16-12(2)10-15(17(18)19)11-13(16)3;/h11-21,25H,6-10H2,1-5H3;2-10H,1H3;10-11,14,18-19H,5-9H2,1-4H3;1H4/t25-;;14-;/m0.1./s1. The molecule has 0 unspecified atom stereocenters. The Hall–Kier alpha value is -6.35. The molecule has 0 amide bonds. The van der Waals surface area contributed by atoms with Gasteiger partial charge in [-0.15, -0.1) is 0 Å². The van der Waals surface area contributed by atoms with Gasteiger partial charge in [-0.25, -0.2) is 26.3 Å². The molecule has 0 saturated carbocycles. The molecule has 0 fully saturated rings. The van der Waals surface area contributed by atoms with Crippen molar-refractivity contribution in [3.63, 3.8) is 0 Å². The lowest BCUT2D eigenvalue weighted by Gasteiger charge is -2.20. The summed E-state index contributed by atoms with van der Waals surface area (Å²) >= 11 is 1.70. The topological polar surface area (TPSA) is 58.9 Å². The van der Waals surface area contributed by atoms with Crippen molar-refractivity contribution in [3.8, 4) is 67.1 Å². The maximum Gasteiger partial charge on any atom is 0.488 e. The van der Waals surface area contributed by atoms with Gasteiger partial charge in [-0.05, 0) is 190 Å². The van der Waals surface area contributed by atoms with E-state index in [4.69, 9.17) is 9.47 Å². The summed E-state index contributed by atoms with van der Waals surface area (Å²) in [6.45, 7) is 20.3. The molecule has 0 aliphatic carbocycles. The molecule has 8 aromatic carbocycles. The molecule has 0 aliphatic rings. The minimum absolute atomic E-state index is 0. The summed E-state index contributed by atoms with van der Waals surface area (Å²) in [6.07, 6.45) is 12.0. The lowest BCUT2D eigenvalue weighted by molar-refractivity contribution is 0.203. The molecule has 0 radical (unpaired) electrons. The molecule has 8 aromatic rings. The first-order chi connectivity index (χ1) is 39.1. The second kappa shape index (κ2) is 32.1. The van der Waals surface area contributed by atoms with Crippen LogP contribution in [0.5, 0.6) is 11.5 Å². The van der Waals surface area contributed by atoms with Gasteiger partial charge in [0.1, 0.15) is 23.1 Å². The number of benzene rings is 8. The summed E-state index contributed by atoms with van der Waals surface area (Å²) in [5.74, 6) is -3.56. The fourth-order valence-electron chi connectivity index (χ4n) is 9.88. The molecule has 0 heterocycles. The van der Waals surface area contributed by atoms with Crippen LogP contribution in [0.4, 0.5) is 26.3 Å². The maximum atomic E-state index is 15.4. The van der Waals surface area contributed by atoms with Crippen LogP contribution in [0, 0.1) is 80.0 Å². The van der Waals surface area contributed by atoms with Gasteiger partial charge in [-0.2, -0.15) is 0 Å². The summed E-state index contributed by atoms with van der Waals surface area (Å²) in [7, 11) is -1.42. The Balaban J connectivity index is 0.000000245. The lowest BCUT2D eigenvalue weighted by Crippen LogP contribution is -2.30. The monoisotopic (exact) mass is 1250 g/mol. The van der Waals surface area contributed by atoms with Crippen LogP contribution in [0.25, 0.3) is 55.6 Å². The van der Waals surface area contributed by atoms with Crippen molar-refractivity contribution in [1.29, 1.82) is 0 Å². The van der Waals surface area contributed by atoms with Crippen molar-refractivity contribution in [1.82, 2.24) is 0 Å². The number of unbranched alkanes of at least 4 members (excludes halogenated alkanes) is 6. The maximum absolute atomic E-state index is 15.4. The number of hydrogen-bond acceptors (Lipinski definition) is 4. The first-order valence-corrected chi connectivity index (χ1v) is 29.5. The van der Waals surface area contributed by atoms with E-state index in [1.165, 1.54) is 93.5 Å². The van der Waals surface area contributed by atoms with Gasteiger partial charge < -0.3 is 19.5 Å². The van der Waals surface area contributed by atoms with Crippen molar-refractivity contribution in [2.45, 2.75) is 153 Å². The zero-order valence-corrected chi connectivity index (χ0v) is 51.0. The van der Waals surface area contributed by atoms with E-state index in [9.17, 15) is 23.2 Å². The van der Waals surface area contributed by atoms with E-state index in [0.717, 1.165) is 75.3 Å². The van der Waals surface area contributed by atoms with Crippen LogP contribution in [0.2, 0.25) is 0 Å². The SMILES string of the molecule is C.CCCCCC[C@@H](C)Oc1c(C)cc(B(O)O)cc1C.CCCCCC[C@H](C)Oc1c(C)cc(-c2ccc(-c3ccc(-c4ccc(C)cc4)cc3F)c(F)c2F)cc1C.Cc1ccc(-c2ccc(-c3ccc(I)c(F)c3F)c(F)c2)cc1. The molecule has 2 N–H and O–H groups in total. The Morgan fingerprint density at radius 3 is 1.16 bits per heavy atom. The van der Waals surface area contributed by atoms with Crippen LogP contribution in [0.3, 0.4) is 0 Å². The third-order valence-corrected chi connectivity index (χ3v) is 15.4. The molecule has 0 aliphatic heterocycles. The van der Waals surface area contributed by atoms with Gasteiger partial charge in [0, 0.05) is 27.8 Å². The van der Waals surface area contributed by atoms with Crippen molar-refractivity contribution in [2.24, 2.45) is 0 Å². The highest BCUT2D eigenvalue weighted by Gasteiger charge is 2.22. The fourth-order valence-corrected chi connectivity index (χ4v) is 10.3.